The molecule has 0 aromatic heterocycles. The van der Waals surface area contributed by atoms with Gasteiger partial charge in [0.25, 0.3) is 0 Å². The van der Waals surface area contributed by atoms with Crippen LogP contribution in [-0.4, -0.2) is 22.8 Å². The van der Waals surface area contributed by atoms with Gasteiger partial charge in [-0.1, -0.05) is 31.4 Å². The summed E-state index contributed by atoms with van der Waals surface area (Å²) in [7, 11) is 0. The Morgan fingerprint density at radius 1 is 1.00 bits per heavy atom. The highest BCUT2D eigenvalue weighted by Crippen LogP contribution is 2.32. The molecule has 2 N–H and O–H groups in total. The van der Waals surface area contributed by atoms with Crippen molar-refractivity contribution in [2.24, 2.45) is 11.7 Å². The number of rotatable bonds is 6. The number of amides is 2. The Labute approximate surface area is 138 Å². The molecule has 3 rings (SSSR count). The highest BCUT2D eigenvalue weighted by Gasteiger charge is 2.33. The second-order valence-corrected chi connectivity index (χ2v) is 7.02. The molecule has 0 radical (unpaired) electrons. The van der Waals surface area contributed by atoms with Crippen LogP contribution >= 0.6 is 0 Å². The Kier molecular flexibility index (Phi) is 4.99. The van der Waals surface area contributed by atoms with Gasteiger partial charge in [-0.3, -0.25) is 9.59 Å². The van der Waals surface area contributed by atoms with Gasteiger partial charge in [0, 0.05) is 24.6 Å². The van der Waals surface area contributed by atoms with E-state index in [0.717, 1.165) is 18.4 Å². The Morgan fingerprint density at radius 2 is 1.65 bits per heavy atom. The van der Waals surface area contributed by atoms with Crippen molar-refractivity contribution in [3.63, 3.8) is 0 Å². The van der Waals surface area contributed by atoms with Crippen LogP contribution in [0.1, 0.15) is 67.3 Å². The van der Waals surface area contributed by atoms with Gasteiger partial charge in [-0.05, 0) is 49.3 Å². The predicted molar refractivity (Wildman–Crippen MR) is 89.7 cm³/mol. The summed E-state index contributed by atoms with van der Waals surface area (Å²) in [5.41, 5.74) is 6.85. The Balaban J connectivity index is 1.61. The van der Waals surface area contributed by atoms with E-state index in [4.69, 9.17) is 5.73 Å². The van der Waals surface area contributed by atoms with Crippen molar-refractivity contribution in [3.8, 4) is 0 Å². The minimum atomic E-state index is -0.413. The number of benzene rings is 1. The molecule has 1 aromatic rings. The van der Waals surface area contributed by atoms with Gasteiger partial charge >= 0.3 is 0 Å². The summed E-state index contributed by atoms with van der Waals surface area (Å²) in [6.45, 7) is 0.648. The molecular weight excluding hydrogens is 288 g/mol. The summed E-state index contributed by atoms with van der Waals surface area (Å²) >= 11 is 0. The first-order valence-corrected chi connectivity index (χ1v) is 8.81. The minimum Gasteiger partial charge on any atom is -0.366 e. The first-order chi connectivity index (χ1) is 11.1. The molecule has 23 heavy (non-hydrogen) atoms. The zero-order valence-electron chi connectivity index (χ0n) is 13.7. The van der Waals surface area contributed by atoms with E-state index in [1.54, 1.807) is 12.1 Å². The lowest BCUT2D eigenvalue weighted by Gasteiger charge is -2.27. The summed E-state index contributed by atoms with van der Waals surface area (Å²) in [6.07, 6.45) is 9.23. The zero-order valence-corrected chi connectivity index (χ0v) is 13.7. The van der Waals surface area contributed by atoms with Gasteiger partial charge in [0.1, 0.15) is 0 Å². The maximum absolute atomic E-state index is 12.7. The first-order valence-electron chi connectivity index (χ1n) is 8.81. The van der Waals surface area contributed by atoms with E-state index in [-0.39, 0.29) is 0 Å². The fourth-order valence-electron chi connectivity index (χ4n) is 3.53. The van der Waals surface area contributed by atoms with Crippen LogP contribution in [0.5, 0.6) is 0 Å². The van der Waals surface area contributed by atoms with Gasteiger partial charge in [-0.2, -0.15) is 0 Å². The smallest absolute Gasteiger partial charge is 0.248 e. The maximum Gasteiger partial charge on any atom is 0.248 e. The molecule has 0 spiro atoms. The summed E-state index contributed by atoms with van der Waals surface area (Å²) in [5.74, 6) is 0.470. The van der Waals surface area contributed by atoms with Gasteiger partial charge in [-0.15, -0.1) is 0 Å². The fourth-order valence-corrected chi connectivity index (χ4v) is 3.53. The topological polar surface area (TPSA) is 63.4 Å². The van der Waals surface area contributed by atoms with E-state index in [1.165, 1.54) is 32.1 Å². The second kappa shape index (κ2) is 7.16. The van der Waals surface area contributed by atoms with Gasteiger partial charge in [0.2, 0.25) is 11.8 Å². The standard InChI is InChI=1S/C19H26N2O2/c20-19(23)16-8-6-15(7-9-16)13-21(17-10-11-17)18(22)12-14-4-2-1-3-5-14/h6-9,14,17H,1-5,10-13H2,(H2,20,23). The van der Waals surface area contributed by atoms with Crippen LogP contribution in [-0.2, 0) is 11.3 Å². The lowest BCUT2D eigenvalue weighted by Crippen LogP contribution is -2.34. The molecule has 0 unspecified atom stereocenters. The van der Waals surface area contributed by atoms with Crippen LogP contribution < -0.4 is 5.73 Å². The van der Waals surface area contributed by atoms with Crippen LogP contribution in [0, 0.1) is 5.92 Å². The number of hydrogen-bond donors (Lipinski definition) is 1. The van der Waals surface area contributed by atoms with Crippen molar-refractivity contribution in [1.82, 2.24) is 4.90 Å². The molecule has 2 aliphatic carbocycles. The molecule has 0 aliphatic heterocycles. The summed E-state index contributed by atoms with van der Waals surface area (Å²) in [5, 5.41) is 0. The van der Waals surface area contributed by atoms with Crippen molar-refractivity contribution in [2.45, 2.75) is 64.0 Å². The fraction of sp³-hybridized carbons (Fsp3) is 0.579. The predicted octanol–water partition coefficient (Wildman–Crippen LogP) is 3.25. The van der Waals surface area contributed by atoms with Crippen molar-refractivity contribution in [3.05, 3.63) is 35.4 Å². The van der Waals surface area contributed by atoms with Crippen LogP contribution in [0.3, 0.4) is 0 Å². The molecule has 2 amide bonds. The molecule has 2 fully saturated rings. The molecule has 0 heterocycles. The molecule has 2 saturated carbocycles. The molecule has 0 saturated heterocycles. The van der Waals surface area contributed by atoms with E-state index >= 15 is 0 Å². The van der Waals surface area contributed by atoms with E-state index in [2.05, 4.69) is 0 Å². The summed E-state index contributed by atoms with van der Waals surface area (Å²) in [4.78, 5) is 25.9. The van der Waals surface area contributed by atoms with Crippen molar-refractivity contribution in [2.75, 3.05) is 0 Å². The van der Waals surface area contributed by atoms with Crippen molar-refractivity contribution < 1.29 is 9.59 Å². The van der Waals surface area contributed by atoms with Gasteiger partial charge in [-0.25, -0.2) is 0 Å². The zero-order chi connectivity index (χ0) is 16.2. The summed E-state index contributed by atoms with van der Waals surface area (Å²) < 4.78 is 0. The normalized spacial score (nSPS) is 18.6. The Hall–Kier alpha value is -1.84. The quantitative estimate of drug-likeness (QED) is 0.876. The highest BCUT2D eigenvalue weighted by molar-refractivity contribution is 5.92. The maximum atomic E-state index is 12.7. The van der Waals surface area contributed by atoms with Gasteiger partial charge in [0.05, 0.1) is 0 Å². The Bertz CT molecular complexity index is 557. The second-order valence-electron chi connectivity index (χ2n) is 7.02. The van der Waals surface area contributed by atoms with Crippen molar-refractivity contribution >= 4 is 11.8 Å². The number of hydrogen-bond acceptors (Lipinski definition) is 2. The average molecular weight is 314 g/mol. The number of nitrogens with zero attached hydrogens (tertiary/aromatic N) is 1. The average Bonchev–Trinajstić information content (AvgIpc) is 3.38. The van der Waals surface area contributed by atoms with E-state index < -0.39 is 5.91 Å². The third kappa shape index (κ3) is 4.34. The molecule has 1 aromatic carbocycles. The monoisotopic (exact) mass is 314 g/mol. The number of carbonyl (C=O) groups is 2. The largest absolute Gasteiger partial charge is 0.366 e. The SMILES string of the molecule is NC(=O)c1ccc(CN(C(=O)CC2CCCCC2)C2CC2)cc1. The third-order valence-electron chi connectivity index (χ3n) is 5.09. The van der Waals surface area contributed by atoms with Crippen LogP contribution in [0.15, 0.2) is 24.3 Å². The molecule has 0 bridgehead atoms. The van der Waals surface area contributed by atoms with Crippen LogP contribution in [0.4, 0.5) is 0 Å². The number of primary amides is 1. The lowest BCUT2D eigenvalue weighted by molar-refractivity contribution is -0.133. The van der Waals surface area contributed by atoms with E-state index in [1.807, 2.05) is 17.0 Å². The van der Waals surface area contributed by atoms with E-state index in [9.17, 15) is 9.59 Å². The van der Waals surface area contributed by atoms with Gasteiger partial charge < -0.3 is 10.6 Å². The molecule has 2 aliphatic rings. The van der Waals surface area contributed by atoms with Gasteiger partial charge in [0.15, 0.2) is 0 Å². The summed E-state index contributed by atoms with van der Waals surface area (Å²) in [6, 6.07) is 7.72. The highest BCUT2D eigenvalue weighted by atomic mass is 16.2. The molecule has 124 valence electrons. The number of nitrogens with two attached hydrogens (primary N) is 1. The lowest BCUT2D eigenvalue weighted by atomic mass is 9.86. The molecule has 0 atom stereocenters. The number of carbonyl (C=O) groups excluding carboxylic acids is 2. The first kappa shape index (κ1) is 16.0. The van der Waals surface area contributed by atoms with Crippen LogP contribution in [0.25, 0.3) is 0 Å². The minimum absolute atomic E-state index is 0.304. The molecular formula is C19H26N2O2. The molecule has 4 heteroatoms. The van der Waals surface area contributed by atoms with Crippen molar-refractivity contribution in [1.29, 1.82) is 0 Å². The Morgan fingerprint density at radius 3 is 2.22 bits per heavy atom. The van der Waals surface area contributed by atoms with E-state index in [0.29, 0.717) is 36.4 Å². The van der Waals surface area contributed by atoms with Crippen LogP contribution in [0.2, 0.25) is 0 Å². The molecule has 4 nitrogen and oxygen atoms in total. The third-order valence-corrected chi connectivity index (χ3v) is 5.09.